The zero-order chi connectivity index (χ0) is 10.7. The first kappa shape index (κ1) is 11.3. The zero-order valence-corrected chi connectivity index (χ0v) is 10.9. The lowest BCUT2D eigenvalue weighted by atomic mass is 10.2. The highest BCUT2D eigenvalue weighted by molar-refractivity contribution is 9.10. The van der Waals surface area contributed by atoms with Gasteiger partial charge in [-0.15, -0.1) is 0 Å². The normalized spacial score (nSPS) is 19.3. The van der Waals surface area contributed by atoms with E-state index >= 15 is 0 Å². The van der Waals surface area contributed by atoms with Crippen LogP contribution in [-0.4, -0.2) is 33.7 Å². The van der Waals surface area contributed by atoms with E-state index in [2.05, 4.69) is 39.0 Å². The maximum atomic E-state index is 11.2. The molecule has 0 amide bonds. The van der Waals surface area contributed by atoms with Crippen LogP contribution in [0, 0.1) is 0 Å². The van der Waals surface area contributed by atoms with Crippen molar-refractivity contribution in [2.75, 3.05) is 24.6 Å². The van der Waals surface area contributed by atoms with Crippen LogP contribution in [0.3, 0.4) is 0 Å². The van der Waals surface area contributed by atoms with Crippen LogP contribution < -0.4 is 0 Å². The summed E-state index contributed by atoms with van der Waals surface area (Å²) in [6, 6.07) is 8.29. The monoisotopic (exact) mass is 287 g/mol. The number of nitrogens with zero attached hydrogens (tertiary/aromatic N) is 1. The van der Waals surface area contributed by atoms with E-state index in [9.17, 15) is 4.21 Å². The van der Waals surface area contributed by atoms with Gasteiger partial charge in [-0.25, -0.2) is 0 Å². The first-order chi connectivity index (χ1) is 7.25. The Morgan fingerprint density at radius 1 is 1.27 bits per heavy atom. The molecule has 0 bridgehead atoms. The number of hydrogen-bond acceptors (Lipinski definition) is 2. The molecule has 0 aliphatic carbocycles. The van der Waals surface area contributed by atoms with Gasteiger partial charge in [0.1, 0.15) is 0 Å². The molecule has 2 rings (SSSR count). The molecule has 0 atom stereocenters. The molecule has 15 heavy (non-hydrogen) atoms. The summed E-state index contributed by atoms with van der Waals surface area (Å²) in [6.07, 6.45) is 0. The Morgan fingerprint density at radius 3 is 2.60 bits per heavy atom. The minimum absolute atomic E-state index is 0.578. The number of benzene rings is 1. The molecular formula is C11H14BrNOS. The molecule has 1 aromatic carbocycles. The van der Waals surface area contributed by atoms with E-state index in [1.165, 1.54) is 5.56 Å². The van der Waals surface area contributed by atoms with E-state index in [-0.39, 0.29) is 0 Å². The van der Waals surface area contributed by atoms with Gasteiger partial charge >= 0.3 is 0 Å². The third-order valence-electron chi connectivity index (χ3n) is 2.62. The number of rotatable bonds is 2. The van der Waals surface area contributed by atoms with E-state index < -0.39 is 10.8 Å². The van der Waals surface area contributed by atoms with Crippen molar-refractivity contribution in [2.24, 2.45) is 0 Å². The highest BCUT2D eigenvalue weighted by Gasteiger charge is 2.15. The topological polar surface area (TPSA) is 20.3 Å². The molecule has 1 aromatic rings. The highest BCUT2D eigenvalue weighted by atomic mass is 79.9. The van der Waals surface area contributed by atoms with Crippen LogP contribution in [0.1, 0.15) is 5.56 Å². The molecule has 1 fully saturated rings. The van der Waals surface area contributed by atoms with Gasteiger partial charge in [0.05, 0.1) is 0 Å². The molecule has 0 spiro atoms. The average molecular weight is 288 g/mol. The van der Waals surface area contributed by atoms with E-state index in [0.717, 1.165) is 35.6 Å². The van der Waals surface area contributed by atoms with Gasteiger partial charge in [-0.05, 0) is 11.6 Å². The molecule has 0 saturated carbocycles. The fourth-order valence-electron chi connectivity index (χ4n) is 1.70. The lowest BCUT2D eigenvalue weighted by molar-refractivity contribution is 0.291. The van der Waals surface area contributed by atoms with Crippen LogP contribution in [0.5, 0.6) is 0 Å². The third kappa shape index (κ3) is 3.13. The Kier molecular flexibility index (Phi) is 3.94. The van der Waals surface area contributed by atoms with Gasteiger partial charge in [-0.2, -0.15) is 0 Å². The van der Waals surface area contributed by atoms with E-state index in [1.54, 1.807) is 0 Å². The molecular weight excluding hydrogens is 274 g/mol. The molecule has 0 N–H and O–H groups in total. The fraction of sp³-hybridized carbons (Fsp3) is 0.455. The summed E-state index contributed by atoms with van der Waals surface area (Å²) in [5.41, 5.74) is 1.31. The second kappa shape index (κ2) is 5.23. The molecule has 2 nitrogen and oxygen atoms in total. The minimum Gasteiger partial charge on any atom is -0.297 e. The van der Waals surface area contributed by atoms with Crippen molar-refractivity contribution in [3.8, 4) is 0 Å². The number of hydrogen-bond donors (Lipinski definition) is 0. The second-order valence-electron chi connectivity index (χ2n) is 3.72. The summed E-state index contributed by atoms with van der Waals surface area (Å²) in [4.78, 5) is 2.36. The summed E-state index contributed by atoms with van der Waals surface area (Å²) in [5.74, 6) is 1.65. The van der Waals surface area contributed by atoms with Crippen molar-refractivity contribution in [3.63, 3.8) is 0 Å². The summed E-state index contributed by atoms with van der Waals surface area (Å²) >= 11 is 3.55. The molecule has 1 heterocycles. The first-order valence-corrected chi connectivity index (χ1v) is 7.34. The molecule has 82 valence electrons. The molecule has 0 aromatic heterocycles. The number of halogens is 1. The first-order valence-electron chi connectivity index (χ1n) is 5.06. The summed E-state index contributed by atoms with van der Waals surface area (Å²) in [6.45, 7) is 2.86. The highest BCUT2D eigenvalue weighted by Crippen LogP contribution is 2.18. The summed E-state index contributed by atoms with van der Waals surface area (Å²) in [5, 5.41) is 0. The lowest BCUT2D eigenvalue weighted by Gasteiger charge is -2.26. The van der Waals surface area contributed by atoms with Gasteiger partial charge < -0.3 is 0 Å². The maximum absolute atomic E-state index is 11.2. The van der Waals surface area contributed by atoms with Crippen molar-refractivity contribution in [1.82, 2.24) is 4.90 Å². The van der Waals surface area contributed by atoms with E-state index in [0.29, 0.717) is 0 Å². The standard InChI is InChI=1S/C11H14BrNOS/c12-11-4-2-1-3-10(11)9-13-5-7-15(14)8-6-13/h1-4H,5-9H2. The van der Waals surface area contributed by atoms with Crippen molar-refractivity contribution in [2.45, 2.75) is 6.54 Å². The average Bonchev–Trinajstić information content (AvgIpc) is 2.25. The van der Waals surface area contributed by atoms with Crippen LogP contribution >= 0.6 is 15.9 Å². The van der Waals surface area contributed by atoms with Gasteiger partial charge in [-0.3, -0.25) is 9.11 Å². The molecule has 0 unspecified atom stereocenters. The van der Waals surface area contributed by atoms with Gasteiger partial charge in [0.2, 0.25) is 0 Å². The lowest BCUT2D eigenvalue weighted by Crippen LogP contribution is -2.37. The molecule has 1 aliphatic rings. The van der Waals surface area contributed by atoms with Crippen molar-refractivity contribution < 1.29 is 4.21 Å². The van der Waals surface area contributed by atoms with Gasteiger partial charge in [-0.1, -0.05) is 34.1 Å². The molecule has 4 heteroatoms. The van der Waals surface area contributed by atoms with Crippen LogP contribution in [-0.2, 0) is 17.3 Å². The Morgan fingerprint density at radius 2 is 1.93 bits per heavy atom. The Balaban J connectivity index is 1.97. The summed E-state index contributed by atoms with van der Waals surface area (Å²) in [7, 11) is -0.578. The molecule has 0 radical (unpaired) electrons. The van der Waals surface area contributed by atoms with Gasteiger partial charge in [0.25, 0.3) is 0 Å². The Bertz CT molecular complexity index is 359. The third-order valence-corrected chi connectivity index (χ3v) is 4.67. The quantitative estimate of drug-likeness (QED) is 0.830. The Labute approximate surface area is 101 Å². The van der Waals surface area contributed by atoms with E-state index in [4.69, 9.17) is 0 Å². The zero-order valence-electron chi connectivity index (χ0n) is 8.49. The van der Waals surface area contributed by atoms with Crippen LogP contribution in [0.2, 0.25) is 0 Å². The van der Waals surface area contributed by atoms with Crippen molar-refractivity contribution >= 4 is 26.7 Å². The predicted molar refractivity (Wildman–Crippen MR) is 67.3 cm³/mol. The fourth-order valence-corrected chi connectivity index (χ4v) is 3.24. The predicted octanol–water partition coefficient (Wildman–Crippen LogP) is 2.01. The van der Waals surface area contributed by atoms with Gasteiger partial charge in [0, 0.05) is 46.4 Å². The second-order valence-corrected chi connectivity index (χ2v) is 6.27. The van der Waals surface area contributed by atoms with Crippen LogP contribution in [0.15, 0.2) is 28.7 Å². The van der Waals surface area contributed by atoms with Crippen LogP contribution in [0.4, 0.5) is 0 Å². The molecule has 1 aliphatic heterocycles. The summed E-state index contributed by atoms with van der Waals surface area (Å²) < 4.78 is 12.4. The minimum atomic E-state index is -0.578. The van der Waals surface area contributed by atoms with E-state index in [1.807, 2.05) is 6.07 Å². The smallest absolute Gasteiger partial charge is 0.0363 e. The maximum Gasteiger partial charge on any atom is 0.0363 e. The van der Waals surface area contributed by atoms with Crippen LogP contribution in [0.25, 0.3) is 0 Å². The van der Waals surface area contributed by atoms with Crippen molar-refractivity contribution in [1.29, 1.82) is 0 Å². The largest absolute Gasteiger partial charge is 0.297 e. The van der Waals surface area contributed by atoms with Crippen molar-refractivity contribution in [3.05, 3.63) is 34.3 Å². The van der Waals surface area contributed by atoms with Gasteiger partial charge in [0.15, 0.2) is 0 Å². The SMILES string of the molecule is O=S1CCN(Cc2ccccc2Br)CC1. The Hall–Kier alpha value is -0.190. The molecule has 1 saturated heterocycles.